The summed E-state index contributed by atoms with van der Waals surface area (Å²) in [5.74, 6) is -0.835. The number of thioether (sulfide) groups is 1. The highest BCUT2D eigenvalue weighted by Gasteiger charge is 2.17. The summed E-state index contributed by atoms with van der Waals surface area (Å²) in [6.07, 6.45) is 1.50. The third-order valence-corrected chi connectivity index (χ3v) is 4.14. The molecule has 6 nitrogen and oxygen atoms in total. The van der Waals surface area contributed by atoms with Gasteiger partial charge in [0.25, 0.3) is 0 Å². The number of carboxylic acids is 1. The van der Waals surface area contributed by atoms with Gasteiger partial charge in [-0.25, -0.2) is 14.6 Å². The number of pyridine rings is 1. The van der Waals surface area contributed by atoms with E-state index in [0.717, 1.165) is 11.8 Å². The van der Waals surface area contributed by atoms with Crippen molar-refractivity contribution in [1.29, 1.82) is 0 Å². The van der Waals surface area contributed by atoms with Gasteiger partial charge in [0.05, 0.1) is 0 Å². The van der Waals surface area contributed by atoms with Crippen molar-refractivity contribution in [2.75, 3.05) is 0 Å². The minimum atomic E-state index is -1.15. The van der Waals surface area contributed by atoms with E-state index in [1.807, 2.05) is 0 Å². The molecule has 9 heteroatoms. The molecule has 0 fully saturated rings. The molecule has 2 heterocycles. The maximum absolute atomic E-state index is 11.4. The molecule has 110 valence electrons. The minimum absolute atomic E-state index is 0.0300. The van der Waals surface area contributed by atoms with Crippen molar-refractivity contribution in [3.63, 3.8) is 0 Å². The Balaban J connectivity index is 2.31. The Labute approximate surface area is 133 Å². The molecule has 0 atom stereocenters. The molecule has 2 N–H and O–H groups in total. The first kappa shape index (κ1) is 15.8. The number of aryl methyl sites for hydroxylation is 1. The van der Waals surface area contributed by atoms with E-state index in [4.69, 9.17) is 23.2 Å². The molecule has 0 unspecified atom stereocenters. The number of hydrogen-bond acceptors (Lipinski definition) is 5. The van der Waals surface area contributed by atoms with Gasteiger partial charge in [-0.05, 0) is 18.6 Å². The molecule has 0 amide bonds. The van der Waals surface area contributed by atoms with Crippen molar-refractivity contribution >= 4 is 40.9 Å². The molecular weight excluding hydrogens is 337 g/mol. The Kier molecular flexibility index (Phi) is 4.87. The predicted octanol–water partition coefficient (Wildman–Crippen LogP) is 2.77. The van der Waals surface area contributed by atoms with Crippen LogP contribution in [0.5, 0.6) is 0 Å². The van der Waals surface area contributed by atoms with Crippen molar-refractivity contribution in [3.05, 3.63) is 49.7 Å². The van der Waals surface area contributed by atoms with Crippen LogP contribution in [0.4, 0.5) is 0 Å². The highest BCUT2D eigenvalue weighted by Crippen LogP contribution is 2.28. The van der Waals surface area contributed by atoms with E-state index in [1.165, 1.54) is 19.2 Å². The third kappa shape index (κ3) is 3.75. The van der Waals surface area contributed by atoms with Gasteiger partial charge in [-0.3, -0.25) is 0 Å². The Morgan fingerprint density at radius 2 is 2.19 bits per heavy atom. The molecule has 0 aliphatic rings. The average molecular weight is 346 g/mol. The number of rotatable bonds is 4. The lowest BCUT2D eigenvalue weighted by Gasteiger charge is -2.07. The lowest BCUT2D eigenvalue weighted by Crippen LogP contribution is -2.18. The number of hydrogen-bond donors (Lipinski definition) is 2. The second kappa shape index (κ2) is 6.46. The van der Waals surface area contributed by atoms with Crippen molar-refractivity contribution in [2.24, 2.45) is 0 Å². The van der Waals surface area contributed by atoms with Crippen LogP contribution >= 0.6 is 35.0 Å². The monoisotopic (exact) mass is 345 g/mol. The van der Waals surface area contributed by atoms with Gasteiger partial charge >= 0.3 is 11.7 Å². The number of halogens is 2. The maximum atomic E-state index is 11.4. The zero-order valence-corrected chi connectivity index (χ0v) is 13.0. The number of nitrogens with one attached hydrogen (secondary N) is 1. The topological polar surface area (TPSA) is 95.9 Å². The van der Waals surface area contributed by atoms with Crippen molar-refractivity contribution in [1.82, 2.24) is 15.0 Å². The molecule has 2 aromatic heterocycles. The summed E-state index contributed by atoms with van der Waals surface area (Å²) in [5.41, 5.74) is 0.297. The summed E-state index contributed by atoms with van der Waals surface area (Å²) in [5, 5.41) is 10.0. The fourth-order valence-corrected chi connectivity index (χ4v) is 3.17. The Hall–Kier alpha value is -1.57. The van der Waals surface area contributed by atoms with Crippen LogP contribution in [-0.4, -0.2) is 26.0 Å². The summed E-state index contributed by atoms with van der Waals surface area (Å²) in [4.78, 5) is 32.6. The molecule has 2 rings (SSSR count). The molecule has 0 bridgehead atoms. The van der Waals surface area contributed by atoms with Crippen LogP contribution in [0.3, 0.4) is 0 Å². The van der Waals surface area contributed by atoms with Crippen molar-refractivity contribution in [3.8, 4) is 0 Å². The first-order valence-electron chi connectivity index (χ1n) is 5.65. The normalized spacial score (nSPS) is 10.6. The molecule has 0 spiro atoms. The van der Waals surface area contributed by atoms with Crippen LogP contribution in [0.2, 0.25) is 10.2 Å². The minimum Gasteiger partial charge on any atom is -0.478 e. The summed E-state index contributed by atoms with van der Waals surface area (Å²) >= 11 is 12.8. The van der Waals surface area contributed by atoms with Gasteiger partial charge in [0.15, 0.2) is 0 Å². The Morgan fingerprint density at radius 1 is 1.48 bits per heavy atom. The van der Waals surface area contributed by atoms with Crippen LogP contribution in [-0.2, 0) is 5.75 Å². The van der Waals surface area contributed by atoms with Crippen LogP contribution in [0, 0.1) is 6.92 Å². The van der Waals surface area contributed by atoms with E-state index < -0.39 is 11.7 Å². The van der Waals surface area contributed by atoms with Crippen LogP contribution in [0.25, 0.3) is 0 Å². The van der Waals surface area contributed by atoms with Crippen LogP contribution in [0.15, 0.2) is 22.1 Å². The second-order valence-electron chi connectivity index (χ2n) is 4.04. The molecule has 0 aromatic carbocycles. The number of aromatic carboxylic acids is 1. The fourth-order valence-electron chi connectivity index (χ4n) is 1.60. The highest BCUT2D eigenvalue weighted by atomic mass is 35.5. The number of carboxylic acid groups (broad SMARTS) is 1. The zero-order valence-electron chi connectivity index (χ0n) is 10.7. The smallest absolute Gasteiger partial charge is 0.346 e. The summed E-state index contributed by atoms with van der Waals surface area (Å²) in [6, 6.07) is 1.49. The van der Waals surface area contributed by atoms with Crippen molar-refractivity contribution in [2.45, 2.75) is 17.7 Å². The largest absolute Gasteiger partial charge is 0.478 e. The van der Waals surface area contributed by atoms with Gasteiger partial charge in [-0.15, -0.1) is 11.8 Å². The first-order valence-corrected chi connectivity index (χ1v) is 7.39. The number of H-pyrrole nitrogens is 1. The second-order valence-corrected chi connectivity index (χ2v) is 5.80. The number of carbonyl (C=O) groups is 1. The maximum Gasteiger partial charge on any atom is 0.346 e. The van der Waals surface area contributed by atoms with E-state index in [-0.39, 0.29) is 21.4 Å². The fraction of sp³-hybridized carbons (Fsp3) is 0.167. The molecule has 2 aromatic rings. The van der Waals surface area contributed by atoms with E-state index in [0.29, 0.717) is 16.3 Å². The standard InChI is InChI=1S/C12H9Cl2N3O3S/c1-5-9(11(18)19)10(17-12(20)16-5)21-4-6-3-15-8(14)2-7(6)13/h2-3H,4H2,1H3,(H,18,19)(H,16,17,20). The molecule has 21 heavy (non-hydrogen) atoms. The van der Waals surface area contributed by atoms with Crippen LogP contribution < -0.4 is 5.69 Å². The number of nitrogens with zero attached hydrogens (tertiary/aromatic N) is 2. The van der Waals surface area contributed by atoms with Gasteiger partial charge in [0.1, 0.15) is 15.7 Å². The lowest BCUT2D eigenvalue weighted by molar-refractivity contribution is 0.0690. The number of aromatic nitrogens is 3. The van der Waals surface area contributed by atoms with E-state index in [2.05, 4.69) is 15.0 Å². The van der Waals surface area contributed by atoms with E-state index in [9.17, 15) is 14.7 Å². The van der Waals surface area contributed by atoms with Gasteiger partial charge in [0.2, 0.25) is 0 Å². The molecule has 0 saturated carbocycles. The first-order chi connectivity index (χ1) is 9.88. The van der Waals surface area contributed by atoms with Gasteiger partial charge in [-0.2, -0.15) is 4.98 Å². The molecular formula is C12H9Cl2N3O3S. The summed E-state index contributed by atoms with van der Waals surface area (Å²) in [7, 11) is 0. The summed E-state index contributed by atoms with van der Waals surface area (Å²) < 4.78 is 0. The number of aromatic amines is 1. The molecule has 0 saturated heterocycles. The Morgan fingerprint density at radius 3 is 2.81 bits per heavy atom. The van der Waals surface area contributed by atoms with Crippen LogP contribution in [0.1, 0.15) is 21.6 Å². The molecule has 0 aliphatic carbocycles. The summed E-state index contributed by atoms with van der Waals surface area (Å²) in [6.45, 7) is 1.51. The Bertz CT molecular complexity index is 764. The molecule has 0 aliphatic heterocycles. The zero-order chi connectivity index (χ0) is 15.6. The van der Waals surface area contributed by atoms with Crippen molar-refractivity contribution < 1.29 is 9.90 Å². The lowest BCUT2D eigenvalue weighted by atomic mass is 10.2. The molecule has 0 radical (unpaired) electrons. The quantitative estimate of drug-likeness (QED) is 0.502. The predicted molar refractivity (Wildman–Crippen MR) is 80.4 cm³/mol. The average Bonchev–Trinajstić information content (AvgIpc) is 2.36. The van der Waals surface area contributed by atoms with E-state index >= 15 is 0 Å². The van der Waals surface area contributed by atoms with Gasteiger partial charge in [0, 0.05) is 22.7 Å². The van der Waals surface area contributed by atoms with E-state index in [1.54, 1.807) is 0 Å². The van der Waals surface area contributed by atoms with Gasteiger partial charge < -0.3 is 10.1 Å². The SMILES string of the molecule is Cc1[nH]c(=O)nc(SCc2cnc(Cl)cc2Cl)c1C(=O)O. The van der Waals surface area contributed by atoms with Gasteiger partial charge in [-0.1, -0.05) is 23.2 Å². The highest BCUT2D eigenvalue weighted by molar-refractivity contribution is 7.98. The third-order valence-electron chi connectivity index (χ3n) is 2.56.